The van der Waals surface area contributed by atoms with Gasteiger partial charge >= 0.3 is 0 Å². The number of likely N-dealkylation sites (N-methyl/N-ethyl adjacent to an activating group) is 1. The molecule has 0 fully saturated rings. The maximum Gasteiger partial charge on any atom is 0.254 e. The average molecular weight is 360 g/mol. The number of rotatable bonds is 5. The smallest absolute Gasteiger partial charge is 0.254 e. The molecule has 0 atom stereocenters. The summed E-state index contributed by atoms with van der Waals surface area (Å²) in [6.45, 7) is 4.96. The van der Waals surface area contributed by atoms with Crippen LogP contribution >= 0.6 is 22.9 Å². The lowest BCUT2D eigenvalue weighted by Gasteiger charge is -2.11. The quantitative estimate of drug-likeness (QED) is 0.597. The number of amides is 1. The molecule has 0 saturated carbocycles. The van der Waals surface area contributed by atoms with Crippen LogP contribution in [-0.2, 0) is 6.54 Å². The third kappa shape index (κ3) is 2.95. The molecule has 18 heavy (non-hydrogen) atoms. The maximum atomic E-state index is 12.0. The van der Waals surface area contributed by atoms with Crippen molar-refractivity contribution in [2.75, 3.05) is 26.7 Å². The average Bonchev–Trinajstić information content (AvgIpc) is 2.66. The number of ether oxygens (including phenoxy) is 1. The predicted molar refractivity (Wildman–Crippen MR) is 79.0 cm³/mol. The summed E-state index contributed by atoms with van der Waals surface area (Å²) < 4.78 is 7.68. The number of hydrogen-bond donors (Lipinski definition) is 0. The van der Waals surface area contributed by atoms with Crippen LogP contribution in [0.4, 0.5) is 0 Å². The lowest BCUT2D eigenvalue weighted by molar-refractivity contribution is 0.0787. The van der Waals surface area contributed by atoms with Crippen LogP contribution in [-0.4, -0.2) is 40.7 Å². The minimum atomic E-state index is 0.115. The Balaban J connectivity index is 2.05. The van der Waals surface area contributed by atoms with Crippen molar-refractivity contribution in [1.82, 2.24) is 8.01 Å². The zero-order valence-corrected chi connectivity index (χ0v) is 12.8. The molecule has 1 heterocycles. The first-order valence-corrected chi connectivity index (χ1v) is 7.00. The number of carbonyl (C=O) groups is 1. The van der Waals surface area contributed by atoms with Gasteiger partial charge < -0.3 is 9.64 Å². The normalized spacial score (nSPS) is 14.2. The van der Waals surface area contributed by atoms with E-state index in [-0.39, 0.29) is 5.91 Å². The van der Waals surface area contributed by atoms with Crippen molar-refractivity contribution in [3.8, 4) is 5.75 Å². The third-order valence-electron chi connectivity index (χ3n) is 3.01. The van der Waals surface area contributed by atoms with E-state index >= 15 is 0 Å². The fourth-order valence-electron chi connectivity index (χ4n) is 1.97. The van der Waals surface area contributed by atoms with E-state index < -0.39 is 0 Å². The molecule has 1 amide bonds. The summed E-state index contributed by atoms with van der Waals surface area (Å²) in [6.07, 6.45) is 0. The highest BCUT2D eigenvalue weighted by Crippen LogP contribution is 2.26. The number of benzene rings is 1. The molecule has 4 nitrogen and oxygen atoms in total. The molecule has 0 unspecified atom stereocenters. The van der Waals surface area contributed by atoms with E-state index in [0.29, 0.717) is 6.61 Å². The van der Waals surface area contributed by atoms with Gasteiger partial charge in [-0.2, -0.15) is 0 Å². The Morgan fingerprint density at radius 2 is 2.28 bits per heavy atom. The summed E-state index contributed by atoms with van der Waals surface area (Å²) in [5, 5.41) is 0. The summed E-state index contributed by atoms with van der Waals surface area (Å²) in [4.78, 5) is 13.9. The first kappa shape index (κ1) is 13.6. The molecule has 5 heteroatoms. The number of halogens is 1. The van der Waals surface area contributed by atoms with Gasteiger partial charge in [0.15, 0.2) is 0 Å². The van der Waals surface area contributed by atoms with Crippen LogP contribution in [0, 0.1) is 0 Å². The van der Waals surface area contributed by atoms with Crippen molar-refractivity contribution in [2.45, 2.75) is 13.5 Å². The zero-order chi connectivity index (χ0) is 13.1. The van der Waals surface area contributed by atoms with Gasteiger partial charge in [-0.15, -0.1) is 0 Å². The second-order valence-corrected chi connectivity index (χ2v) is 5.96. The van der Waals surface area contributed by atoms with E-state index in [9.17, 15) is 4.79 Å². The molecule has 0 spiro atoms. The molecule has 0 aliphatic carbocycles. The summed E-state index contributed by atoms with van der Waals surface area (Å²) in [5.74, 6) is 0.891. The summed E-state index contributed by atoms with van der Waals surface area (Å²) >= 11 is 2.22. The fraction of sp³-hybridized carbons (Fsp3) is 0.462. The molecular weight excluding hydrogens is 343 g/mol. The van der Waals surface area contributed by atoms with E-state index in [0.717, 1.165) is 36.5 Å². The Hall–Kier alpha value is -0.820. The largest absolute Gasteiger partial charge is 0.492 e. The van der Waals surface area contributed by atoms with Gasteiger partial charge in [0.05, 0.1) is 0 Å². The van der Waals surface area contributed by atoms with E-state index in [1.54, 1.807) is 0 Å². The predicted octanol–water partition coefficient (Wildman–Crippen LogP) is 2.32. The van der Waals surface area contributed by atoms with E-state index in [2.05, 4.69) is 22.9 Å². The van der Waals surface area contributed by atoms with Crippen molar-refractivity contribution >= 4 is 28.8 Å². The molecule has 2 rings (SSSR count). The van der Waals surface area contributed by atoms with Gasteiger partial charge in [0, 0.05) is 48.1 Å². The lowest BCUT2D eigenvalue weighted by atomic mass is 10.1. The van der Waals surface area contributed by atoms with Crippen LogP contribution in [0.3, 0.4) is 0 Å². The number of fused-ring (bicyclic) bond motifs is 1. The first-order chi connectivity index (χ1) is 8.61. The number of hydrogen-bond acceptors (Lipinski definition) is 3. The van der Waals surface area contributed by atoms with Crippen molar-refractivity contribution in [3.63, 3.8) is 0 Å². The molecular formula is C13H17IN2O2. The monoisotopic (exact) mass is 360 g/mol. The Bertz CT molecular complexity index is 449. The summed E-state index contributed by atoms with van der Waals surface area (Å²) in [6, 6.07) is 5.80. The molecule has 1 aromatic carbocycles. The fourth-order valence-corrected chi connectivity index (χ4v) is 2.17. The van der Waals surface area contributed by atoms with E-state index in [1.165, 1.54) is 0 Å². The molecule has 98 valence electrons. The van der Waals surface area contributed by atoms with Crippen LogP contribution < -0.4 is 4.74 Å². The van der Waals surface area contributed by atoms with Crippen LogP contribution in [0.2, 0.25) is 0 Å². The van der Waals surface area contributed by atoms with Crippen molar-refractivity contribution < 1.29 is 9.53 Å². The van der Waals surface area contributed by atoms with E-state index in [4.69, 9.17) is 4.74 Å². The second kappa shape index (κ2) is 5.88. The SMILES string of the molecule is CCN1Cc2ccc(OCCN(C)I)cc2C1=O. The van der Waals surface area contributed by atoms with Crippen LogP contribution in [0.25, 0.3) is 0 Å². The van der Waals surface area contributed by atoms with Crippen LogP contribution in [0.5, 0.6) is 5.75 Å². The molecule has 0 saturated heterocycles. The minimum Gasteiger partial charge on any atom is -0.492 e. The molecule has 1 aliphatic heterocycles. The highest BCUT2D eigenvalue weighted by Gasteiger charge is 2.26. The van der Waals surface area contributed by atoms with Crippen molar-refractivity contribution in [2.24, 2.45) is 0 Å². The standard InChI is InChI=1S/C13H17IN2O2/c1-3-16-9-10-4-5-11(8-12(10)13(16)17)18-7-6-15(2)14/h4-5,8H,3,6-7,9H2,1-2H3. The van der Waals surface area contributed by atoms with Crippen molar-refractivity contribution in [3.05, 3.63) is 29.3 Å². The number of carbonyl (C=O) groups excluding carboxylic acids is 1. The lowest BCUT2D eigenvalue weighted by Crippen LogP contribution is -2.22. The minimum absolute atomic E-state index is 0.115. The van der Waals surface area contributed by atoms with Gasteiger partial charge in [0.1, 0.15) is 12.4 Å². The molecule has 0 aromatic heterocycles. The second-order valence-electron chi connectivity index (χ2n) is 4.32. The van der Waals surface area contributed by atoms with Crippen LogP contribution in [0.15, 0.2) is 18.2 Å². The highest BCUT2D eigenvalue weighted by atomic mass is 127. The van der Waals surface area contributed by atoms with Crippen molar-refractivity contribution in [1.29, 1.82) is 0 Å². The summed E-state index contributed by atoms with van der Waals surface area (Å²) in [7, 11) is 2.00. The third-order valence-corrected chi connectivity index (χ3v) is 3.49. The molecule has 1 aromatic rings. The zero-order valence-electron chi connectivity index (χ0n) is 10.6. The van der Waals surface area contributed by atoms with Gasteiger partial charge in [0.25, 0.3) is 5.91 Å². The Kier molecular flexibility index (Phi) is 4.45. The first-order valence-electron chi connectivity index (χ1n) is 6.03. The Labute approximate surface area is 121 Å². The molecule has 0 radical (unpaired) electrons. The highest BCUT2D eigenvalue weighted by molar-refractivity contribution is 14.1. The Morgan fingerprint density at radius 3 is 2.94 bits per heavy atom. The van der Waals surface area contributed by atoms with Crippen LogP contribution in [0.1, 0.15) is 22.8 Å². The molecule has 0 N–H and O–H groups in total. The Morgan fingerprint density at radius 1 is 1.50 bits per heavy atom. The van der Waals surface area contributed by atoms with Gasteiger partial charge in [-0.1, -0.05) is 6.07 Å². The van der Waals surface area contributed by atoms with Gasteiger partial charge in [-0.3, -0.25) is 4.79 Å². The van der Waals surface area contributed by atoms with Gasteiger partial charge in [0.2, 0.25) is 0 Å². The molecule has 0 bridgehead atoms. The summed E-state index contributed by atoms with van der Waals surface area (Å²) in [5.41, 5.74) is 1.89. The van der Waals surface area contributed by atoms with E-state index in [1.807, 2.05) is 40.2 Å². The topological polar surface area (TPSA) is 32.8 Å². The van der Waals surface area contributed by atoms with Gasteiger partial charge in [-0.05, 0) is 31.7 Å². The maximum absolute atomic E-state index is 12.0. The molecule has 1 aliphatic rings. The van der Waals surface area contributed by atoms with Gasteiger partial charge in [-0.25, -0.2) is 3.11 Å². The number of nitrogens with zero attached hydrogens (tertiary/aromatic N) is 2.